The van der Waals surface area contributed by atoms with Crippen LogP contribution in [-0.4, -0.2) is 144 Å². The Hall–Kier alpha value is -5.12. The first-order valence-electron chi connectivity index (χ1n) is 18.8. The molecule has 1 aromatic heterocycles. The average molecular weight is 831 g/mol. The zero-order valence-corrected chi connectivity index (χ0v) is 32.4. The largest absolute Gasteiger partial charge is 0.480 e. The highest BCUT2D eigenvalue weighted by Crippen LogP contribution is 2.37. The topological polar surface area (TPSA) is 196 Å². The molecule has 0 spiro atoms. The van der Waals surface area contributed by atoms with Crippen molar-refractivity contribution in [1.82, 2.24) is 20.5 Å². The number of carbonyl (C=O) groups is 5. The van der Waals surface area contributed by atoms with Crippen LogP contribution in [-0.2, 0) is 38.1 Å². The third-order valence-corrected chi connectivity index (χ3v) is 10.1. The zero-order valence-electron chi connectivity index (χ0n) is 31.6. The number of carbonyl (C=O) groups excluding carboxylic acids is 5. The Bertz CT molecular complexity index is 1950. The zero-order chi connectivity index (χ0) is 40.9. The van der Waals surface area contributed by atoms with Gasteiger partial charge in [0, 0.05) is 49.2 Å². The van der Waals surface area contributed by atoms with Crippen LogP contribution < -0.4 is 25.6 Å². The highest BCUT2D eigenvalue weighted by Gasteiger charge is 2.45. The summed E-state index contributed by atoms with van der Waals surface area (Å²) in [5, 5.41) is 10.4. The number of halogens is 2. The summed E-state index contributed by atoms with van der Waals surface area (Å²) in [5.41, 5.74) is 1.48. The van der Waals surface area contributed by atoms with E-state index in [9.17, 15) is 32.8 Å². The van der Waals surface area contributed by atoms with E-state index in [2.05, 4.69) is 25.8 Å². The van der Waals surface area contributed by atoms with Crippen LogP contribution >= 0.6 is 11.3 Å². The number of piperidine rings is 1. The van der Waals surface area contributed by atoms with Gasteiger partial charge in [0.05, 0.1) is 82.9 Å². The monoisotopic (exact) mass is 830 g/mol. The number of aromatic nitrogens is 1. The number of fused-ring (bicyclic) bond motifs is 1. The molecule has 5 amide bonds. The first-order valence-corrected chi connectivity index (χ1v) is 19.7. The molecular weight excluding hydrogens is 787 g/mol. The Morgan fingerprint density at radius 2 is 1.57 bits per heavy atom. The van der Waals surface area contributed by atoms with Gasteiger partial charge in [0.2, 0.25) is 17.6 Å². The molecule has 3 aromatic rings. The molecule has 4 heterocycles. The van der Waals surface area contributed by atoms with Gasteiger partial charge >= 0.3 is 0 Å². The van der Waals surface area contributed by atoms with E-state index in [0.29, 0.717) is 83.9 Å². The van der Waals surface area contributed by atoms with Gasteiger partial charge in [-0.15, -0.1) is 11.3 Å². The summed E-state index contributed by atoms with van der Waals surface area (Å²) in [7, 11) is 0. The van der Waals surface area contributed by atoms with Crippen LogP contribution in [0.2, 0.25) is 0 Å². The number of benzene rings is 2. The second-order valence-corrected chi connectivity index (χ2v) is 13.9. The fourth-order valence-electron chi connectivity index (χ4n) is 6.30. The number of morpholine rings is 1. The Balaban J connectivity index is 0.771. The molecule has 3 N–H and O–H groups in total. The van der Waals surface area contributed by atoms with Crippen molar-refractivity contribution in [3.8, 4) is 17.0 Å². The average Bonchev–Trinajstić information content (AvgIpc) is 3.81. The third-order valence-electron chi connectivity index (χ3n) is 9.16. The smallest absolute Gasteiger partial charge is 0.264 e. The summed E-state index contributed by atoms with van der Waals surface area (Å²) in [6.45, 7) is 4.87. The minimum atomic E-state index is -1.20. The SMILES string of the molecule is O=C(COc1c(-c2csc(N3CCOCC3)n2)ccc(F)c1F)NCCOCCOCCOCCOCCNc1cccc2c1C(=O)N(C1CCC(=O)NC1=O)C2=O. The van der Waals surface area contributed by atoms with Gasteiger partial charge in [-0.25, -0.2) is 9.37 Å². The molecule has 312 valence electrons. The standard InChI is InChI=1S/C38H44F2N6O11S/c39-26-5-4-24(28-23-58-38(43-28)45-10-14-54-15-11-45)34(33(26)40)57-22-31(48)42-9-13-53-17-19-56-21-20-55-18-16-52-12-8-41-27-3-1-2-25-32(27)37(51)46(36(25)50)29-6-7-30(47)44-35(29)49/h1-5,23,29,41H,6-22H2,(H,42,48)(H,44,47,49). The van der Waals surface area contributed by atoms with E-state index < -0.39 is 53.8 Å². The van der Waals surface area contributed by atoms with Crippen molar-refractivity contribution in [3.05, 3.63) is 58.5 Å². The number of rotatable bonds is 22. The molecule has 17 nitrogen and oxygen atoms in total. The molecule has 2 aromatic carbocycles. The van der Waals surface area contributed by atoms with Gasteiger partial charge in [0.25, 0.3) is 17.7 Å². The number of hydrogen-bond donors (Lipinski definition) is 3. The second-order valence-electron chi connectivity index (χ2n) is 13.0. The van der Waals surface area contributed by atoms with E-state index in [1.807, 2.05) is 0 Å². The van der Waals surface area contributed by atoms with Gasteiger partial charge in [0.15, 0.2) is 23.3 Å². The van der Waals surface area contributed by atoms with E-state index in [1.165, 1.54) is 23.5 Å². The Labute approximate surface area is 336 Å². The maximum atomic E-state index is 14.8. The van der Waals surface area contributed by atoms with Crippen LogP contribution in [0.4, 0.5) is 19.6 Å². The van der Waals surface area contributed by atoms with Gasteiger partial charge in [-0.2, -0.15) is 4.39 Å². The summed E-state index contributed by atoms with van der Waals surface area (Å²) in [6, 6.07) is 6.18. The van der Waals surface area contributed by atoms with Crippen molar-refractivity contribution in [3.63, 3.8) is 0 Å². The van der Waals surface area contributed by atoms with E-state index in [1.54, 1.807) is 17.5 Å². The molecule has 3 aliphatic heterocycles. The third kappa shape index (κ3) is 10.9. The van der Waals surface area contributed by atoms with Crippen molar-refractivity contribution < 1.29 is 61.2 Å². The molecule has 3 aliphatic rings. The lowest BCUT2D eigenvalue weighted by Gasteiger charge is -2.27. The number of nitrogens with one attached hydrogen (secondary N) is 3. The van der Waals surface area contributed by atoms with Gasteiger partial charge < -0.3 is 44.0 Å². The normalized spacial score (nSPS) is 16.8. The molecule has 0 aliphatic carbocycles. The summed E-state index contributed by atoms with van der Waals surface area (Å²) in [6.07, 6.45) is 0.127. The Morgan fingerprint density at radius 3 is 2.28 bits per heavy atom. The van der Waals surface area contributed by atoms with Crippen LogP contribution in [0.3, 0.4) is 0 Å². The van der Waals surface area contributed by atoms with Gasteiger partial charge in [0.1, 0.15) is 6.04 Å². The van der Waals surface area contributed by atoms with Crippen molar-refractivity contribution in [2.24, 2.45) is 0 Å². The second kappa shape index (κ2) is 21.0. The van der Waals surface area contributed by atoms with Crippen molar-refractivity contribution in [2.75, 3.05) is 109 Å². The molecule has 0 radical (unpaired) electrons. The van der Waals surface area contributed by atoms with Crippen molar-refractivity contribution in [2.45, 2.75) is 18.9 Å². The van der Waals surface area contributed by atoms with Gasteiger partial charge in [-0.05, 0) is 30.7 Å². The molecule has 2 fully saturated rings. The van der Waals surface area contributed by atoms with E-state index in [4.69, 9.17) is 28.4 Å². The number of nitrogens with zero attached hydrogens (tertiary/aromatic N) is 3. The lowest BCUT2D eigenvalue weighted by atomic mass is 10.0. The predicted molar refractivity (Wildman–Crippen MR) is 204 cm³/mol. The first kappa shape index (κ1) is 42.5. The molecule has 0 bridgehead atoms. The summed E-state index contributed by atoms with van der Waals surface area (Å²) >= 11 is 1.37. The van der Waals surface area contributed by atoms with Gasteiger partial charge in [-0.3, -0.25) is 34.2 Å². The number of anilines is 2. The molecular formula is C38H44F2N6O11S. The summed E-state index contributed by atoms with van der Waals surface area (Å²) in [5.74, 6) is -5.48. The lowest BCUT2D eigenvalue weighted by Crippen LogP contribution is -2.54. The number of amides is 5. The minimum Gasteiger partial charge on any atom is -0.480 e. The highest BCUT2D eigenvalue weighted by atomic mass is 32.1. The fraction of sp³-hybridized carbons (Fsp3) is 0.474. The van der Waals surface area contributed by atoms with Crippen LogP contribution in [0, 0.1) is 11.6 Å². The van der Waals surface area contributed by atoms with Crippen LogP contribution in [0.5, 0.6) is 5.75 Å². The molecule has 2 saturated heterocycles. The lowest BCUT2D eigenvalue weighted by molar-refractivity contribution is -0.136. The van der Waals surface area contributed by atoms with E-state index in [0.717, 1.165) is 16.1 Å². The number of hydrogen-bond acceptors (Lipinski definition) is 15. The first-order chi connectivity index (χ1) is 28.2. The fourth-order valence-corrected chi connectivity index (χ4v) is 7.18. The van der Waals surface area contributed by atoms with Crippen LogP contribution in [0.15, 0.2) is 35.7 Å². The molecule has 1 atom stereocenters. The molecule has 1 unspecified atom stereocenters. The van der Waals surface area contributed by atoms with Crippen molar-refractivity contribution in [1.29, 1.82) is 0 Å². The molecule has 58 heavy (non-hydrogen) atoms. The van der Waals surface area contributed by atoms with Crippen LogP contribution in [0.25, 0.3) is 11.3 Å². The van der Waals surface area contributed by atoms with Gasteiger partial charge in [-0.1, -0.05) is 6.07 Å². The van der Waals surface area contributed by atoms with Crippen molar-refractivity contribution >= 4 is 51.7 Å². The minimum absolute atomic E-state index is 0.0454. The summed E-state index contributed by atoms with van der Waals surface area (Å²) in [4.78, 5) is 69.9. The Kier molecular flexibility index (Phi) is 15.4. The molecule has 20 heteroatoms. The quantitative estimate of drug-likeness (QED) is 0.0983. The molecule has 0 saturated carbocycles. The predicted octanol–water partition coefficient (Wildman–Crippen LogP) is 2.00. The summed E-state index contributed by atoms with van der Waals surface area (Å²) < 4.78 is 61.7. The maximum absolute atomic E-state index is 14.8. The van der Waals surface area contributed by atoms with E-state index >= 15 is 0 Å². The maximum Gasteiger partial charge on any atom is 0.264 e. The number of thiazole rings is 1. The highest BCUT2D eigenvalue weighted by molar-refractivity contribution is 7.14. The van der Waals surface area contributed by atoms with E-state index in [-0.39, 0.29) is 55.0 Å². The Morgan fingerprint density at radius 1 is 0.879 bits per heavy atom. The number of ether oxygens (including phenoxy) is 6. The number of imide groups is 2. The molecule has 6 rings (SSSR count). The van der Waals surface area contributed by atoms with Crippen LogP contribution in [0.1, 0.15) is 33.6 Å².